The summed E-state index contributed by atoms with van der Waals surface area (Å²) in [6.45, 7) is 11.4. The lowest BCUT2D eigenvalue weighted by molar-refractivity contribution is -0.0716. The molecule has 6 heterocycles. The molecular formula is C30H38N8O. The average molecular weight is 528 g/mol. The molecule has 4 aliphatic heterocycles. The van der Waals surface area contributed by atoms with E-state index in [1.165, 1.54) is 0 Å². The van der Waals surface area contributed by atoms with E-state index >= 15 is 0 Å². The normalized spacial score (nSPS) is 35.1. The number of morpholine rings is 1. The summed E-state index contributed by atoms with van der Waals surface area (Å²) in [6.07, 6.45) is 7.10. The molecule has 2 aromatic rings. The second-order valence-electron chi connectivity index (χ2n) is 11.7. The number of fused-ring (bicyclic) bond motifs is 3. The predicted octanol–water partition coefficient (Wildman–Crippen LogP) is 1.82. The molecule has 0 saturated carbocycles. The topological polar surface area (TPSA) is 92.6 Å². The summed E-state index contributed by atoms with van der Waals surface area (Å²) in [5.74, 6) is 0. The van der Waals surface area contributed by atoms with Gasteiger partial charge in [-0.05, 0) is 37.1 Å². The number of aryl methyl sites for hydroxylation is 1. The number of piperazine rings is 2. The molecule has 7 rings (SSSR count). The fraction of sp³-hybridized carbons (Fsp3) is 0.567. The highest BCUT2D eigenvalue weighted by Crippen LogP contribution is 2.46. The van der Waals surface area contributed by atoms with Crippen molar-refractivity contribution in [2.75, 3.05) is 57.3 Å². The first-order valence-electron chi connectivity index (χ1n) is 14.8. The van der Waals surface area contributed by atoms with Crippen molar-refractivity contribution in [2.45, 2.75) is 56.1 Å². The van der Waals surface area contributed by atoms with E-state index in [4.69, 9.17) is 11.1 Å². The molecule has 0 aromatic carbocycles. The molecule has 0 radical (unpaired) electrons. The number of aromatic nitrogens is 2. The summed E-state index contributed by atoms with van der Waals surface area (Å²) >= 11 is 0. The van der Waals surface area contributed by atoms with Gasteiger partial charge in [-0.15, -0.1) is 0 Å². The van der Waals surface area contributed by atoms with Crippen molar-refractivity contribution in [3.63, 3.8) is 0 Å². The molecule has 9 heteroatoms. The minimum Gasteiger partial charge on any atom is -0.373 e. The van der Waals surface area contributed by atoms with Crippen LogP contribution in [0.2, 0.25) is 0 Å². The van der Waals surface area contributed by atoms with E-state index in [0.29, 0.717) is 18.2 Å². The zero-order chi connectivity index (χ0) is 27.4. The molecule has 2 N–H and O–H groups in total. The number of nitrogens with one attached hydrogen (secondary N) is 2. The Bertz CT molecular complexity index is 1350. The van der Waals surface area contributed by atoms with Gasteiger partial charge in [0.25, 0.3) is 0 Å². The van der Waals surface area contributed by atoms with Gasteiger partial charge in [-0.3, -0.25) is 19.8 Å². The van der Waals surface area contributed by atoms with E-state index < -0.39 is 5.54 Å². The first-order valence-corrected chi connectivity index (χ1v) is 14.3. The van der Waals surface area contributed by atoms with Gasteiger partial charge in [0.2, 0.25) is 0 Å². The number of pyridine rings is 2. The van der Waals surface area contributed by atoms with Gasteiger partial charge in [0.15, 0.2) is 5.54 Å². The number of nitrogens with zero attached hydrogens (tertiary/aromatic N) is 6. The lowest BCUT2D eigenvalue weighted by Gasteiger charge is -2.57. The van der Waals surface area contributed by atoms with Gasteiger partial charge >= 0.3 is 0 Å². The molecular weight excluding hydrogens is 488 g/mol. The molecule has 5 aliphatic rings. The lowest BCUT2D eigenvalue weighted by Crippen LogP contribution is -2.68. The van der Waals surface area contributed by atoms with Crippen molar-refractivity contribution < 1.29 is 6.11 Å². The van der Waals surface area contributed by atoms with Crippen LogP contribution in [0.3, 0.4) is 0 Å². The van der Waals surface area contributed by atoms with Crippen molar-refractivity contribution in [1.82, 2.24) is 30.4 Å². The Labute approximate surface area is 232 Å². The van der Waals surface area contributed by atoms with Crippen LogP contribution in [-0.2, 0) is 10.3 Å². The third kappa shape index (κ3) is 4.09. The highest BCUT2D eigenvalue weighted by Gasteiger charge is 2.53. The molecule has 0 bridgehead atoms. The van der Waals surface area contributed by atoms with Gasteiger partial charge < -0.3 is 20.3 Å². The van der Waals surface area contributed by atoms with Crippen molar-refractivity contribution in [1.29, 1.82) is 5.26 Å². The van der Waals surface area contributed by atoms with Crippen LogP contribution in [0.4, 0.5) is 5.69 Å². The Hall–Kier alpha value is -2.87. The molecule has 4 fully saturated rings. The van der Waals surface area contributed by atoms with Gasteiger partial charge in [0.05, 0.1) is 55.5 Å². The number of anilines is 1. The highest BCUT2D eigenvalue weighted by atomic mass is 16.5. The first kappa shape index (κ1) is 24.0. The van der Waals surface area contributed by atoms with E-state index in [1.807, 2.05) is 18.3 Å². The second kappa shape index (κ2) is 9.95. The standard InChI is InChI=1S/C30H38N8O/c1-20-13-23(36-17-24-26(18-36)39-12-10-33-24)14-35-27(20)28-25-15-32-9-11-37(25)21(2)16-38(28)30(19-31)7-3-5-22-6-4-8-34-29(22)30/h3-6,8,13-14,21,24-26,28,32-33H,7,9-12,15-18H2,1-2H3/t21-,24-,25-,26-,28?,30?/m1/s1/i8D. The summed E-state index contributed by atoms with van der Waals surface area (Å²) < 4.78 is 14.3. The number of rotatable bonds is 3. The number of ether oxygens (including phenoxy) is 1. The van der Waals surface area contributed by atoms with Gasteiger partial charge in [-0.1, -0.05) is 18.2 Å². The third-order valence-corrected chi connectivity index (χ3v) is 9.47. The summed E-state index contributed by atoms with van der Waals surface area (Å²) in [5.41, 5.74) is 3.93. The van der Waals surface area contributed by atoms with Crippen LogP contribution >= 0.6 is 0 Å². The quantitative estimate of drug-likeness (QED) is 0.620. The van der Waals surface area contributed by atoms with Crippen LogP contribution in [0.5, 0.6) is 0 Å². The van der Waals surface area contributed by atoms with Crippen LogP contribution in [0.1, 0.15) is 43.3 Å². The minimum absolute atomic E-state index is 0.0978. The molecule has 4 saturated heterocycles. The Morgan fingerprint density at radius 3 is 3.03 bits per heavy atom. The third-order valence-electron chi connectivity index (χ3n) is 9.47. The van der Waals surface area contributed by atoms with Crippen LogP contribution in [0.15, 0.2) is 36.6 Å². The second-order valence-corrected chi connectivity index (χ2v) is 11.7. The Balaban J connectivity index is 1.30. The van der Waals surface area contributed by atoms with Crippen molar-refractivity contribution in [3.8, 4) is 6.07 Å². The van der Waals surface area contributed by atoms with Crippen LogP contribution in [0.25, 0.3) is 6.08 Å². The SMILES string of the molecule is [2H]c1ccc2c(n1)C(C#N)(N1C[C@@H](C)N3CCNC[C@@H]3C1c1ncc(N3C[C@H]4NCCO[C@@H]4C3)cc1C)CC=C2. The fourth-order valence-corrected chi connectivity index (χ4v) is 7.58. The Morgan fingerprint density at radius 2 is 2.18 bits per heavy atom. The maximum absolute atomic E-state index is 10.9. The summed E-state index contributed by atoms with van der Waals surface area (Å²) in [7, 11) is 0. The van der Waals surface area contributed by atoms with Gasteiger partial charge in [0, 0.05) is 70.5 Å². The number of hydrogen-bond acceptors (Lipinski definition) is 9. The zero-order valence-corrected chi connectivity index (χ0v) is 22.8. The summed E-state index contributed by atoms with van der Waals surface area (Å²) in [5, 5.41) is 18.2. The molecule has 2 unspecified atom stereocenters. The van der Waals surface area contributed by atoms with Crippen LogP contribution in [0, 0.1) is 18.3 Å². The highest BCUT2D eigenvalue weighted by molar-refractivity contribution is 5.59. The summed E-state index contributed by atoms with van der Waals surface area (Å²) in [4.78, 5) is 17.2. The minimum atomic E-state index is -0.968. The van der Waals surface area contributed by atoms with Crippen LogP contribution in [-0.4, -0.2) is 96.4 Å². The van der Waals surface area contributed by atoms with Crippen molar-refractivity contribution in [2.24, 2.45) is 0 Å². The molecule has 2 aromatic heterocycles. The van der Waals surface area contributed by atoms with E-state index in [-0.39, 0.29) is 30.4 Å². The molecule has 1 aliphatic carbocycles. The smallest absolute Gasteiger partial charge is 0.156 e. The van der Waals surface area contributed by atoms with Gasteiger partial charge in [-0.25, -0.2) is 0 Å². The maximum atomic E-state index is 10.9. The predicted molar refractivity (Wildman–Crippen MR) is 150 cm³/mol. The largest absolute Gasteiger partial charge is 0.373 e. The number of nitriles is 1. The number of hydrogen-bond donors (Lipinski definition) is 2. The van der Waals surface area contributed by atoms with Crippen LogP contribution < -0.4 is 15.5 Å². The zero-order valence-electron chi connectivity index (χ0n) is 23.8. The Morgan fingerprint density at radius 1 is 1.26 bits per heavy atom. The van der Waals surface area contributed by atoms with E-state index in [0.717, 1.165) is 74.9 Å². The van der Waals surface area contributed by atoms with E-state index in [9.17, 15) is 5.26 Å². The maximum Gasteiger partial charge on any atom is 0.156 e. The molecule has 0 spiro atoms. The van der Waals surface area contributed by atoms with E-state index in [2.05, 4.69) is 62.4 Å². The van der Waals surface area contributed by atoms with Gasteiger partial charge in [0.1, 0.15) is 0 Å². The monoisotopic (exact) mass is 527 g/mol. The Kier molecular flexibility index (Phi) is 6.12. The van der Waals surface area contributed by atoms with Gasteiger partial charge in [-0.2, -0.15) is 5.26 Å². The molecule has 0 amide bonds. The molecule has 9 nitrogen and oxygen atoms in total. The van der Waals surface area contributed by atoms with Crippen molar-refractivity contribution in [3.05, 3.63) is 59.2 Å². The fourth-order valence-electron chi connectivity index (χ4n) is 7.58. The molecule has 6 atom stereocenters. The van der Waals surface area contributed by atoms with Crippen molar-refractivity contribution >= 4 is 11.8 Å². The summed E-state index contributed by atoms with van der Waals surface area (Å²) in [6, 6.07) is 9.33. The first-order chi connectivity index (χ1) is 19.5. The van der Waals surface area contributed by atoms with E-state index in [1.54, 1.807) is 6.07 Å². The lowest BCUT2D eigenvalue weighted by atomic mass is 9.78. The molecule has 39 heavy (non-hydrogen) atoms. The average Bonchev–Trinajstić information content (AvgIpc) is 3.42. The molecule has 204 valence electrons.